The molecule has 0 N–H and O–H groups in total. The van der Waals surface area contributed by atoms with Crippen molar-refractivity contribution in [3.05, 3.63) is 34.9 Å². The van der Waals surface area contributed by atoms with Crippen LogP contribution in [0.5, 0.6) is 0 Å². The first-order chi connectivity index (χ1) is 11.5. The lowest BCUT2D eigenvalue weighted by Gasteiger charge is -2.29. The summed E-state index contributed by atoms with van der Waals surface area (Å²) in [6.07, 6.45) is -9.80. The summed E-state index contributed by atoms with van der Waals surface area (Å²) in [6.45, 7) is 5.43. The van der Waals surface area contributed by atoms with Crippen LogP contribution < -0.4 is 0 Å². The summed E-state index contributed by atoms with van der Waals surface area (Å²) in [5.41, 5.74) is -2.93. The molecule has 0 fully saturated rings. The third kappa shape index (κ3) is 6.28. The Morgan fingerprint density at radius 3 is 1.36 bits per heavy atom. The summed E-state index contributed by atoms with van der Waals surface area (Å²) < 4.78 is 94.3. The van der Waals surface area contributed by atoms with Crippen LogP contribution in [0.15, 0.2) is 18.2 Å². The molecule has 144 valence electrons. The standard InChI is InChI=1S/C15H20F6O3Si/c1-4-22-25(23-5-2,24-6-3)10-11-7-12(14(16,17)18)9-13(8-11)15(19,20)21/h7-9H,4-6,10H2,1-3H3. The van der Waals surface area contributed by atoms with Gasteiger partial charge >= 0.3 is 21.2 Å². The molecule has 0 aliphatic rings. The minimum Gasteiger partial charge on any atom is -0.374 e. The van der Waals surface area contributed by atoms with E-state index in [-0.39, 0.29) is 37.5 Å². The second-order valence-electron chi connectivity index (χ2n) is 5.07. The summed E-state index contributed by atoms with van der Waals surface area (Å²) in [6, 6.07) is 1.16. The number of hydrogen-bond donors (Lipinski definition) is 0. The molecule has 0 aliphatic heterocycles. The van der Waals surface area contributed by atoms with Crippen molar-refractivity contribution in [3.8, 4) is 0 Å². The van der Waals surface area contributed by atoms with Gasteiger partial charge in [0, 0.05) is 25.9 Å². The molecule has 0 amide bonds. The largest absolute Gasteiger partial charge is 0.505 e. The highest BCUT2D eigenvalue weighted by atomic mass is 28.4. The van der Waals surface area contributed by atoms with Crippen LogP contribution in [0.1, 0.15) is 37.5 Å². The predicted octanol–water partition coefficient (Wildman–Crippen LogP) is 4.85. The Morgan fingerprint density at radius 2 is 1.08 bits per heavy atom. The smallest absolute Gasteiger partial charge is 0.374 e. The molecule has 0 radical (unpaired) electrons. The molecule has 0 spiro atoms. The highest BCUT2D eigenvalue weighted by Crippen LogP contribution is 2.37. The van der Waals surface area contributed by atoms with Crippen LogP contribution in [0.3, 0.4) is 0 Å². The fourth-order valence-corrected chi connectivity index (χ4v) is 4.89. The van der Waals surface area contributed by atoms with E-state index in [0.717, 1.165) is 0 Å². The first-order valence-corrected chi connectivity index (χ1v) is 9.60. The fraction of sp³-hybridized carbons (Fsp3) is 0.600. The lowest BCUT2D eigenvalue weighted by atomic mass is 10.1. The number of hydrogen-bond acceptors (Lipinski definition) is 3. The van der Waals surface area contributed by atoms with Gasteiger partial charge in [0.1, 0.15) is 0 Å². The first-order valence-electron chi connectivity index (χ1n) is 7.67. The van der Waals surface area contributed by atoms with Crippen molar-refractivity contribution in [1.29, 1.82) is 0 Å². The van der Waals surface area contributed by atoms with Crippen LogP contribution in [0, 0.1) is 0 Å². The number of benzene rings is 1. The number of alkyl halides is 6. The van der Waals surface area contributed by atoms with Crippen LogP contribution in [0.2, 0.25) is 0 Å². The second kappa shape index (κ2) is 8.52. The molecular weight excluding hydrogens is 370 g/mol. The third-order valence-corrected chi connectivity index (χ3v) is 6.19. The lowest BCUT2D eigenvalue weighted by Crippen LogP contribution is -2.48. The van der Waals surface area contributed by atoms with Gasteiger partial charge in [0.05, 0.1) is 11.1 Å². The molecule has 0 saturated heterocycles. The summed E-state index contributed by atoms with van der Waals surface area (Å²) in [7, 11) is -3.44. The molecule has 1 rings (SSSR count). The van der Waals surface area contributed by atoms with Crippen molar-refractivity contribution in [1.82, 2.24) is 0 Å². The maximum atomic E-state index is 13.0. The molecular formula is C15H20F6O3Si. The molecule has 0 bridgehead atoms. The molecule has 25 heavy (non-hydrogen) atoms. The van der Waals surface area contributed by atoms with E-state index in [1.54, 1.807) is 20.8 Å². The van der Waals surface area contributed by atoms with Crippen LogP contribution in [-0.4, -0.2) is 28.6 Å². The van der Waals surface area contributed by atoms with Crippen molar-refractivity contribution in [3.63, 3.8) is 0 Å². The topological polar surface area (TPSA) is 27.7 Å². The average molecular weight is 390 g/mol. The van der Waals surface area contributed by atoms with Gasteiger partial charge in [0.2, 0.25) is 0 Å². The van der Waals surface area contributed by atoms with Crippen molar-refractivity contribution >= 4 is 8.80 Å². The minimum absolute atomic E-state index is 0.0920. The predicted molar refractivity (Wildman–Crippen MR) is 80.8 cm³/mol. The van der Waals surface area contributed by atoms with E-state index in [0.29, 0.717) is 12.1 Å². The summed E-state index contributed by atoms with van der Waals surface area (Å²) >= 11 is 0. The molecule has 0 saturated carbocycles. The van der Waals surface area contributed by atoms with Crippen molar-refractivity contribution < 1.29 is 39.6 Å². The fourth-order valence-electron chi connectivity index (χ4n) is 2.31. The van der Waals surface area contributed by atoms with E-state index >= 15 is 0 Å². The van der Waals surface area contributed by atoms with E-state index in [1.807, 2.05) is 0 Å². The van der Waals surface area contributed by atoms with E-state index in [9.17, 15) is 26.3 Å². The first kappa shape index (κ1) is 21.9. The maximum absolute atomic E-state index is 13.0. The molecule has 0 atom stereocenters. The quantitative estimate of drug-likeness (QED) is 0.469. The van der Waals surface area contributed by atoms with E-state index < -0.39 is 32.3 Å². The highest BCUT2D eigenvalue weighted by molar-refractivity contribution is 6.60. The van der Waals surface area contributed by atoms with Crippen LogP contribution in [-0.2, 0) is 31.7 Å². The SMILES string of the molecule is CCO[Si](Cc1cc(C(F)(F)F)cc(C(F)(F)F)c1)(OCC)OCC. The zero-order valence-corrected chi connectivity index (χ0v) is 15.1. The van der Waals surface area contributed by atoms with Gasteiger partial charge in [-0.2, -0.15) is 26.3 Å². The Kier molecular flexibility index (Phi) is 7.48. The van der Waals surface area contributed by atoms with Crippen LogP contribution in [0.25, 0.3) is 0 Å². The molecule has 3 nitrogen and oxygen atoms in total. The summed E-state index contributed by atoms with van der Waals surface area (Å²) in [5, 5.41) is 0. The molecule has 10 heteroatoms. The van der Waals surface area contributed by atoms with Gasteiger partial charge in [-0.25, -0.2) is 0 Å². The van der Waals surface area contributed by atoms with Crippen molar-refractivity contribution in [2.75, 3.05) is 19.8 Å². The molecule has 1 aromatic rings. The van der Waals surface area contributed by atoms with Crippen molar-refractivity contribution in [2.45, 2.75) is 39.2 Å². The number of halogens is 6. The Hall–Kier alpha value is -1.10. The van der Waals surface area contributed by atoms with Gasteiger partial charge in [-0.3, -0.25) is 0 Å². The Balaban J connectivity index is 3.37. The van der Waals surface area contributed by atoms with Gasteiger partial charge in [-0.05, 0) is 44.5 Å². The van der Waals surface area contributed by atoms with E-state index in [4.69, 9.17) is 13.3 Å². The van der Waals surface area contributed by atoms with Gasteiger partial charge in [-0.1, -0.05) is 0 Å². The Morgan fingerprint density at radius 1 is 0.720 bits per heavy atom. The minimum atomic E-state index is -4.90. The van der Waals surface area contributed by atoms with E-state index in [2.05, 4.69) is 0 Å². The van der Waals surface area contributed by atoms with Gasteiger partial charge in [-0.15, -0.1) is 0 Å². The zero-order chi connectivity index (χ0) is 19.3. The van der Waals surface area contributed by atoms with Crippen LogP contribution in [0.4, 0.5) is 26.3 Å². The van der Waals surface area contributed by atoms with E-state index in [1.165, 1.54) is 0 Å². The van der Waals surface area contributed by atoms with Crippen LogP contribution >= 0.6 is 0 Å². The summed E-state index contributed by atoms with van der Waals surface area (Å²) in [5.74, 6) is 0. The molecule has 0 aliphatic carbocycles. The highest BCUT2D eigenvalue weighted by Gasteiger charge is 2.43. The Labute approximate surface area is 143 Å². The summed E-state index contributed by atoms with van der Waals surface area (Å²) in [4.78, 5) is 0. The maximum Gasteiger partial charge on any atom is 0.505 e. The second-order valence-corrected chi connectivity index (χ2v) is 7.66. The van der Waals surface area contributed by atoms with Gasteiger partial charge < -0.3 is 13.3 Å². The molecule has 0 aromatic heterocycles. The molecule has 0 heterocycles. The normalized spacial score (nSPS) is 13.3. The average Bonchev–Trinajstić information content (AvgIpc) is 2.46. The molecule has 1 aromatic carbocycles. The van der Waals surface area contributed by atoms with Gasteiger partial charge in [0.15, 0.2) is 0 Å². The van der Waals surface area contributed by atoms with Gasteiger partial charge in [0.25, 0.3) is 0 Å². The monoisotopic (exact) mass is 390 g/mol. The number of rotatable bonds is 8. The Bertz CT molecular complexity index is 510. The molecule has 0 unspecified atom stereocenters. The zero-order valence-electron chi connectivity index (χ0n) is 14.1. The third-order valence-electron chi connectivity index (χ3n) is 3.16. The van der Waals surface area contributed by atoms with Crippen molar-refractivity contribution in [2.24, 2.45) is 0 Å². The lowest BCUT2D eigenvalue weighted by molar-refractivity contribution is -0.143.